The van der Waals surface area contributed by atoms with E-state index in [4.69, 9.17) is 0 Å². The molecule has 4 aliphatic rings. The summed E-state index contributed by atoms with van der Waals surface area (Å²) in [6.07, 6.45) is 12.0. The Hall–Kier alpha value is -0.0800. The summed E-state index contributed by atoms with van der Waals surface area (Å²) < 4.78 is 0. The maximum absolute atomic E-state index is 3.72. The van der Waals surface area contributed by atoms with Gasteiger partial charge in [0.2, 0.25) is 0 Å². The Kier molecular flexibility index (Phi) is 3.57. The van der Waals surface area contributed by atoms with Crippen LogP contribution in [-0.4, -0.2) is 37.1 Å². The number of nitrogens with zero attached hydrogens (tertiary/aromatic N) is 1. The molecule has 1 N–H and O–H groups in total. The maximum Gasteiger partial charge on any atom is 0.00967 e. The first-order valence-corrected chi connectivity index (χ1v) is 8.84. The van der Waals surface area contributed by atoms with Crippen molar-refractivity contribution in [2.45, 2.75) is 57.4 Å². The quantitative estimate of drug-likeness (QED) is 0.841. The van der Waals surface area contributed by atoms with Crippen molar-refractivity contribution in [2.24, 2.45) is 23.7 Å². The van der Waals surface area contributed by atoms with Gasteiger partial charge in [-0.25, -0.2) is 0 Å². The molecule has 2 heteroatoms. The molecule has 2 nitrogen and oxygen atoms in total. The van der Waals surface area contributed by atoms with E-state index in [-0.39, 0.29) is 0 Å². The number of fused-ring (bicyclic) bond motifs is 2. The third-order valence-electron chi connectivity index (χ3n) is 6.68. The molecule has 2 saturated heterocycles. The number of piperidine rings is 1. The Morgan fingerprint density at radius 3 is 2.42 bits per heavy atom. The Labute approximate surface area is 118 Å². The Morgan fingerprint density at radius 1 is 0.895 bits per heavy atom. The second kappa shape index (κ2) is 5.37. The summed E-state index contributed by atoms with van der Waals surface area (Å²) >= 11 is 0. The molecule has 4 fully saturated rings. The van der Waals surface area contributed by atoms with Gasteiger partial charge in [0.1, 0.15) is 0 Å². The minimum atomic E-state index is 0.865. The molecule has 2 bridgehead atoms. The highest BCUT2D eigenvalue weighted by atomic mass is 15.1. The minimum absolute atomic E-state index is 0.865. The maximum atomic E-state index is 3.72. The van der Waals surface area contributed by atoms with Gasteiger partial charge in [-0.1, -0.05) is 6.42 Å². The Morgan fingerprint density at radius 2 is 1.79 bits per heavy atom. The van der Waals surface area contributed by atoms with Crippen molar-refractivity contribution < 1.29 is 0 Å². The largest absolute Gasteiger partial charge is 0.314 e. The highest BCUT2D eigenvalue weighted by Gasteiger charge is 2.40. The molecular formula is C17H30N2. The lowest BCUT2D eigenvalue weighted by atomic mass is 9.85. The number of likely N-dealkylation sites (tertiary alicyclic amines) is 1. The number of hydrogen-bond donors (Lipinski definition) is 1. The van der Waals surface area contributed by atoms with Crippen LogP contribution < -0.4 is 5.32 Å². The van der Waals surface area contributed by atoms with Crippen molar-refractivity contribution in [3.63, 3.8) is 0 Å². The van der Waals surface area contributed by atoms with Crippen LogP contribution >= 0.6 is 0 Å². The molecule has 4 atom stereocenters. The van der Waals surface area contributed by atoms with E-state index in [0.717, 1.165) is 29.7 Å². The summed E-state index contributed by atoms with van der Waals surface area (Å²) in [6.45, 7) is 5.48. The smallest absolute Gasteiger partial charge is 0.00967 e. The second-order valence-corrected chi connectivity index (χ2v) is 7.78. The third kappa shape index (κ3) is 2.58. The Balaban J connectivity index is 1.24. The average molecular weight is 262 g/mol. The molecule has 2 aliphatic carbocycles. The molecule has 4 unspecified atom stereocenters. The van der Waals surface area contributed by atoms with Crippen molar-refractivity contribution in [3.05, 3.63) is 0 Å². The predicted molar refractivity (Wildman–Crippen MR) is 79.1 cm³/mol. The molecule has 2 aliphatic heterocycles. The molecule has 2 heterocycles. The predicted octanol–water partition coefficient (Wildman–Crippen LogP) is 2.89. The summed E-state index contributed by atoms with van der Waals surface area (Å²) in [7, 11) is 0. The van der Waals surface area contributed by atoms with Gasteiger partial charge in [0.05, 0.1) is 0 Å². The van der Waals surface area contributed by atoms with E-state index in [9.17, 15) is 0 Å². The fraction of sp³-hybridized carbons (Fsp3) is 1.00. The van der Waals surface area contributed by atoms with Crippen LogP contribution in [0.25, 0.3) is 0 Å². The molecule has 108 valence electrons. The van der Waals surface area contributed by atoms with Gasteiger partial charge in [-0.05, 0) is 88.3 Å². The van der Waals surface area contributed by atoms with Gasteiger partial charge in [0.15, 0.2) is 0 Å². The molecule has 2 saturated carbocycles. The normalized spacial score (nSPS) is 44.2. The lowest BCUT2D eigenvalue weighted by molar-refractivity contribution is 0.127. The molecule has 0 radical (unpaired) electrons. The van der Waals surface area contributed by atoms with Crippen LogP contribution in [0.4, 0.5) is 0 Å². The van der Waals surface area contributed by atoms with Gasteiger partial charge in [0, 0.05) is 12.6 Å². The molecule has 0 aromatic carbocycles. The van der Waals surface area contributed by atoms with Gasteiger partial charge in [-0.15, -0.1) is 0 Å². The van der Waals surface area contributed by atoms with E-state index in [2.05, 4.69) is 10.2 Å². The van der Waals surface area contributed by atoms with Crippen molar-refractivity contribution in [3.8, 4) is 0 Å². The van der Waals surface area contributed by atoms with Crippen LogP contribution in [-0.2, 0) is 0 Å². The molecule has 0 aromatic heterocycles. The summed E-state index contributed by atoms with van der Waals surface area (Å²) in [6, 6.07) is 0.865. The molecule has 4 rings (SSSR count). The number of hydrogen-bond acceptors (Lipinski definition) is 2. The van der Waals surface area contributed by atoms with Gasteiger partial charge in [0.25, 0.3) is 0 Å². The zero-order chi connectivity index (χ0) is 12.7. The van der Waals surface area contributed by atoms with E-state index in [1.54, 1.807) is 25.7 Å². The SMILES string of the molecule is C1CNC(C2CCN(CC3CC4CCC3C4)CC2)C1. The summed E-state index contributed by atoms with van der Waals surface area (Å²) in [4.78, 5) is 2.80. The van der Waals surface area contributed by atoms with Crippen LogP contribution in [0.1, 0.15) is 51.4 Å². The summed E-state index contributed by atoms with van der Waals surface area (Å²) in [5, 5.41) is 3.72. The van der Waals surface area contributed by atoms with Gasteiger partial charge >= 0.3 is 0 Å². The van der Waals surface area contributed by atoms with Crippen LogP contribution in [0, 0.1) is 23.7 Å². The molecule has 0 amide bonds. The van der Waals surface area contributed by atoms with E-state index >= 15 is 0 Å². The van der Waals surface area contributed by atoms with Crippen molar-refractivity contribution in [1.29, 1.82) is 0 Å². The standard InChI is InChI=1S/C17H30N2/c1-2-17(18-7-1)14-5-8-19(9-6-14)12-16-11-13-3-4-15(16)10-13/h13-18H,1-12H2. The fourth-order valence-electron chi connectivity index (χ4n) is 5.58. The average Bonchev–Trinajstić information content (AvgIpc) is 3.17. The summed E-state index contributed by atoms with van der Waals surface area (Å²) in [5.41, 5.74) is 0. The van der Waals surface area contributed by atoms with Crippen LogP contribution in [0.2, 0.25) is 0 Å². The minimum Gasteiger partial charge on any atom is -0.314 e. The molecule has 19 heavy (non-hydrogen) atoms. The number of nitrogens with one attached hydrogen (secondary N) is 1. The van der Waals surface area contributed by atoms with Crippen LogP contribution in [0.15, 0.2) is 0 Å². The Bertz CT molecular complexity index is 302. The second-order valence-electron chi connectivity index (χ2n) is 7.78. The van der Waals surface area contributed by atoms with E-state index < -0.39 is 0 Å². The van der Waals surface area contributed by atoms with Crippen molar-refractivity contribution >= 4 is 0 Å². The van der Waals surface area contributed by atoms with Gasteiger partial charge in [-0.3, -0.25) is 0 Å². The van der Waals surface area contributed by atoms with E-state index in [0.29, 0.717) is 0 Å². The topological polar surface area (TPSA) is 15.3 Å². The summed E-state index contributed by atoms with van der Waals surface area (Å²) in [5.74, 6) is 4.29. The van der Waals surface area contributed by atoms with Crippen LogP contribution in [0.3, 0.4) is 0 Å². The van der Waals surface area contributed by atoms with Crippen molar-refractivity contribution in [1.82, 2.24) is 10.2 Å². The number of rotatable bonds is 3. The first-order chi connectivity index (χ1) is 9.38. The van der Waals surface area contributed by atoms with Gasteiger partial charge < -0.3 is 10.2 Å². The zero-order valence-corrected chi connectivity index (χ0v) is 12.3. The first kappa shape index (κ1) is 12.6. The first-order valence-electron chi connectivity index (χ1n) is 8.84. The highest BCUT2D eigenvalue weighted by molar-refractivity contribution is 4.92. The van der Waals surface area contributed by atoms with E-state index in [1.165, 1.54) is 51.9 Å². The lowest BCUT2D eigenvalue weighted by Gasteiger charge is -2.37. The van der Waals surface area contributed by atoms with Crippen LogP contribution in [0.5, 0.6) is 0 Å². The highest BCUT2D eigenvalue weighted by Crippen LogP contribution is 2.48. The molecule has 0 spiro atoms. The fourth-order valence-corrected chi connectivity index (χ4v) is 5.58. The lowest BCUT2D eigenvalue weighted by Crippen LogP contribution is -2.43. The molecular weight excluding hydrogens is 232 g/mol. The van der Waals surface area contributed by atoms with E-state index in [1.807, 2.05) is 0 Å². The van der Waals surface area contributed by atoms with Crippen molar-refractivity contribution in [2.75, 3.05) is 26.2 Å². The zero-order valence-electron chi connectivity index (χ0n) is 12.3. The molecule has 0 aromatic rings. The monoisotopic (exact) mass is 262 g/mol. The van der Waals surface area contributed by atoms with Gasteiger partial charge in [-0.2, -0.15) is 0 Å². The third-order valence-corrected chi connectivity index (χ3v) is 6.68.